The molecule has 1 N–H and O–H groups in total. The summed E-state index contributed by atoms with van der Waals surface area (Å²) in [6, 6.07) is 14.0. The molecule has 3 rings (SSSR count). The molecule has 1 amide bonds. The monoisotopic (exact) mass is 390 g/mol. The van der Waals surface area contributed by atoms with Gasteiger partial charge in [0.1, 0.15) is 5.75 Å². The first-order valence-electron chi connectivity index (χ1n) is 10.5. The Morgan fingerprint density at radius 2 is 1.69 bits per heavy atom. The number of nitrogens with one attached hydrogen (secondary N) is 1. The lowest BCUT2D eigenvalue weighted by atomic mass is 9.92. The smallest absolute Gasteiger partial charge is 0.251 e. The number of amides is 1. The lowest BCUT2D eigenvalue weighted by molar-refractivity contribution is 0.0893. The van der Waals surface area contributed by atoms with E-state index < -0.39 is 0 Å². The van der Waals surface area contributed by atoms with E-state index in [0.29, 0.717) is 11.5 Å². The average molecular weight is 391 g/mol. The van der Waals surface area contributed by atoms with E-state index in [0.717, 1.165) is 48.1 Å². The summed E-state index contributed by atoms with van der Waals surface area (Å²) in [5.41, 5.74) is 4.67. The Labute approximate surface area is 173 Å². The van der Waals surface area contributed by atoms with Crippen molar-refractivity contribution in [3.05, 3.63) is 64.2 Å². The molecular weight excluding hydrogens is 360 g/mol. The largest absolute Gasteiger partial charge is 0.490 e. The number of hydrogen-bond donors (Lipinski definition) is 1. The molecule has 2 aromatic rings. The topological polar surface area (TPSA) is 62.1 Å². The fourth-order valence-corrected chi connectivity index (χ4v) is 3.84. The van der Waals surface area contributed by atoms with Crippen LogP contribution in [0.4, 0.5) is 0 Å². The molecule has 1 fully saturated rings. The van der Waals surface area contributed by atoms with Crippen molar-refractivity contribution in [1.29, 1.82) is 5.26 Å². The molecule has 4 nitrogen and oxygen atoms in total. The number of benzene rings is 2. The van der Waals surface area contributed by atoms with Crippen LogP contribution >= 0.6 is 0 Å². The van der Waals surface area contributed by atoms with E-state index in [9.17, 15) is 4.79 Å². The zero-order chi connectivity index (χ0) is 21.0. The SMILES string of the molecule is Cc1c(C#N)ccc(OC2CCC(NC(=O)c3ccc(C(C)C)cc3)CC2)c1C. The third kappa shape index (κ3) is 4.98. The van der Waals surface area contributed by atoms with Crippen molar-refractivity contribution in [3.63, 3.8) is 0 Å². The number of nitrogens with zero attached hydrogens (tertiary/aromatic N) is 1. The minimum Gasteiger partial charge on any atom is -0.490 e. The van der Waals surface area contributed by atoms with E-state index in [1.165, 1.54) is 5.56 Å². The fraction of sp³-hybridized carbons (Fsp3) is 0.440. The third-order valence-corrected chi connectivity index (χ3v) is 6.00. The van der Waals surface area contributed by atoms with Crippen LogP contribution in [-0.2, 0) is 0 Å². The highest BCUT2D eigenvalue weighted by Crippen LogP contribution is 2.29. The van der Waals surface area contributed by atoms with Crippen LogP contribution in [0.1, 0.15) is 78.1 Å². The normalized spacial score (nSPS) is 18.9. The number of carbonyl (C=O) groups is 1. The molecular formula is C25H30N2O2. The molecule has 2 aromatic carbocycles. The van der Waals surface area contributed by atoms with Gasteiger partial charge >= 0.3 is 0 Å². The van der Waals surface area contributed by atoms with Crippen molar-refractivity contribution in [1.82, 2.24) is 5.32 Å². The maximum Gasteiger partial charge on any atom is 0.251 e. The summed E-state index contributed by atoms with van der Waals surface area (Å²) in [5.74, 6) is 1.33. The van der Waals surface area contributed by atoms with Crippen LogP contribution in [0.25, 0.3) is 0 Å². The van der Waals surface area contributed by atoms with Gasteiger partial charge < -0.3 is 10.1 Å². The Bertz CT molecular complexity index is 902. The van der Waals surface area contributed by atoms with E-state index in [-0.39, 0.29) is 18.1 Å². The zero-order valence-corrected chi connectivity index (χ0v) is 17.8. The van der Waals surface area contributed by atoms with Crippen molar-refractivity contribution in [2.24, 2.45) is 0 Å². The number of hydrogen-bond acceptors (Lipinski definition) is 3. The van der Waals surface area contributed by atoms with Crippen molar-refractivity contribution < 1.29 is 9.53 Å². The second-order valence-electron chi connectivity index (χ2n) is 8.31. The standard InChI is InChI=1S/C25H30N2O2/c1-16(2)19-5-7-20(8-6-19)25(28)27-22-10-12-23(13-11-22)29-24-14-9-21(15-26)17(3)18(24)4/h5-9,14,16,22-23H,10-13H2,1-4H3,(H,27,28). The van der Waals surface area contributed by atoms with Gasteiger partial charge in [0, 0.05) is 11.6 Å². The van der Waals surface area contributed by atoms with E-state index in [2.05, 4.69) is 25.2 Å². The molecule has 0 bridgehead atoms. The highest BCUT2D eigenvalue weighted by atomic mass is 16.5. The molecule has 152 valence electrons. The number of nitriles is 1. The number of rotatable bonds is 5. The highest BCUT2D eigenvalue weighted by Gasteiger charge is 2.24. The van der Waals surface area contributed by atoms with Gasteiger partial charge in [0.05, 0.1) is 17.7 Å². The van der Waals surface area contributed by atoms with Crippen LogP contribution in [0.5, 0.6) is 5.75 Å². The van der Waals surface area contributed by atoms with Crippen molar-refractivity contribution in [2.75, 3.05) is 0 Å². The van der Waals surface area contributed by atoms with Gasteiger partial charge in [-0.05, 0) is 86.4 Å². The van der Waals surface area contributed by atoms with Crippen LogP contribution < -0.4 is 10.1 Å². The first-order chi connectivity index (χ1) is 13.9. The lowest BCUT2D eigenvalue weighted by Crippen LogP contribution is -2.39. The summed E-state index contributed by atoms with van der Waals surface area (Å²) in [4.78, 5) is 12.5. The molecule has 1 aliphatic rings. The van der Waals surface area contributed by atoms with Crippen LogP contribution in [0.15, 0.2) is 36.4 Å². The third-order valence-electron chi connectivity index (χ3n) is 6.00. The molecule has 0 spiro atoms. The number of carbonyl (C=O) groups excluding carboxylic acids is 1. The molecule has 0 atom stereocenters. The summed E-state index contributed by atoms with van der Waals surface area (Å²) in [6.45, 7) is 8.26. The minimum atomic E-state index is 0.00300. The molecule has 29 heavy (non-hydrogen) atoms. The molecule has 1 aliphatic carbocycles. The van der Waals surface area contributed by atoms with Crippen LogP contribution in [-0.4, -0.2) is 18.1 Å². The van der Waals surface area contributed by atoms with Gasteiger partial charge in [-0.15, -0.1) is 0 Å². The first-order valence-corrected chi connectivity index (χ1v) is 10.5. The van der Waals surface area contributed by atoms with E-state index in [1.807, 2.05) is 50.2 Å². The molecule has 4 heteroatoms. The Balaban J connectivity index is 1.52. The molecule has 0 radical (unpaired) electrons. The number of ether oxygens (including phenoxy) is 1. The summed E-state index contributed by atoms with van der Waals surface area (Å²) in [5, 5.41) is 12.3. The Morgan fingerprint density at radius 1 is 1.03 bits per heavy atom. The first kappa shape index (κ1) is 20.9. The van der Waals surface area contributed by atoms with Gasteiger partial charge in [0.15, 0.2) is 0 Å². The van der Waals surface area contributed by atoms with Crippen LogP contribution in [0.2, 0.25) is 0 Å². The van der Waals surface area contributed by atoms with Crippen LogP contribution in [0, 0.1) is 25.2 Å². The lowest BCUT2D eigenvalue weighted by Gasteiger charge is -2.30. The molecule has 0 aromatic heterocycles. The van der Waals surface area contributed by atoms with Gasteiger partial charge in [-0.25, -0.2) is 0 Å². The van der Waals surface area contributed by atoms with E-state index in [4.69, 9.17) is 10.00 Å². The Kier molecular flexibility index (Phi) is 6.59. The van der Waals surface area contributed by atoms with Crippen molar-refractivity contribution in [2.45, 2.75) is 71.4 Å². The van der Waals surface area contributed by atoms with Crippen molar-refractivity contribution in [3.8, 4) is 11.8 Å². The summed E-state index contributed by atoms with van der Waals surface area (Å²) in [6.07, 6.45) is 3.80. The molecule has 0 unspecified atom stereocenters. The quantitative estimate of drug-likeness (QED) is 0.741. The Morgan fingerprint density at radius 3 is 2.28 bits per heavy atom. The highest BCUT2D eigenvalue weighted by molar-refractivity contribution is 5.94. The van der Waals surface area contributed by atoms with Crippen molar-refractivity contribution >= 4 is 5.91 Å². The predicted molar refractivity (Wildman–Crippen MR) is 115 cm³/mol. The second kappa shape index (κ2) is 9.13. The zero-order valence-electron chi connectivity index (χ0n) is 17.8. The van der Waals surface area contributed by atoms with Gasteiger partial charge in [0.25, 0.3) is 5.91 Å². The van der Waals surface area contributed by atoms with Gasteiger partial charge in [-0.2, -0.15) is 5.26 Å². The predicted octanol–water partition coefficient (Wildman–Crippen LogP) is 5.42. The molecule has 0 aliphatic heterocycles. The van der Waals surface area contributed by atoms with Crippen LogP contribution in [0.3, 0.4) is 0 Å². The van der Waals surface area contributed by atoms with E-state index >= 15 is 0 Å². The van der Waals surface area contributed by atoms with E-state index in [1.54, 1.807) is 0 Å². The fourth-order valence-electron chi connectivity index (χ4n) is 3.84. The summed E-state index contributed by atoms with van der Waals surface area (Å²) < 4.78 is 6.22. The maximum absolute atomic E-state index is 12.5. The summed E-state index contributed by atoms with van der Waals surface area (Å²) >= 11 is 0. The van der Waals surface area contributed by atoms with Gasteiger partial charge in [-0.1, -0.05) is 26.0 Å². The average Bonchev–Trinajstić information content (AvgIpc) is 2.73. The van der Waals surface area contributed by atoms with Gasteiger partial charge in [-0.3, -0.25) is 4.79 Å². The maximum atomic E-state index is 12.5. The molecule has 1 saturated carbocycles. The second-order valence-corrected chi connectivity index (χ2v) is 8.31. The Hall–Kier alpha value is -2.80. The minimum absolute atomic E-state index is 0.00300. The molecule has 0 saturated heterocycles. The summed E-state index contributed by atoms with van der Waals surface area (Å²) in [7, 11) is 0. The van der Waals surface area contributed by atoms with Gasteiger partial charge in [0.2, 0.25) is 0 Å². The molecule has 0 heterocycles.